The van der Waals surface area contributed by atoms with Crippen LogP contribution in [0.3, 0.4) is 0 Å². The molecule has 3 heterocycles. The number of ether oxygens (including phenoxy) is 2. The van der Waals surface area contributed by atoms with E-state index >= 15 is 0 Å². The summed E-state index contributed by atoms with van der Waals surface area (Å²) in [7, 11) is 1.65. The summed E-state index contributed by atoms with van der Waals surface area (Å²) in [5, 5.41) is 5.51. The predicted octanol–water partition coefficient (Wildman–Crippen LogP) is 2.86. The molecule has 1 N–H and O–H groups in total. The van der Waals surface area contributed by atoms with E-state index in [9.17, 15) is 0 Å². The Morgan fingerprint density at radius 3 is 2.83 bits per heavy atom. The van der Waals surface area contributed by atoms with Gasteiger partial charge < -0.3 is 19.7 Å². The zero-order valence-corrected chi connectivity index (χ0v) is 14.5. The number of hydrogen-bond donors (Lipinski definition) is 1. The molecule has 0 amide bonds. The van der Waals surface area contributed by atoms with Crippen molar-refractivity contribution in [3.05, 3.63) is 28.8 Å². The molecule has 1 aliphatic rings. The number of aromatic nitrogens is 2. The van der Waals surface area contributed by atoms with E-state index in [1.165, 1.54) is 11.5 Å². The fourth-order valence-corrected chi connectivity index (χ4v) is 3.40. The van der Waals surface area contributed by atoms with Gasteiger partial charge in [0.1, 0.15) is 5.82 Å². The molecule has 1 atom stereocenters. The molecule has 0 saturated carbocycles. The molecule has 3 rings (SSSR count). The van der Waals surface area contributed by atoms with Crippen LogP contribution in [0.5, 0.6) is 5.88 Å². The van der Waals surface area contributed by atoms with Gasteiger partial charge in [0, 0.05) is 24.0 Å². The van der Waals surface area contributed by atoms with E-state index in [-0.39, 0.29) is 6.04 Å². The lowest BCUT2D eigenvalue weighted by molar-refractivity contribution is 0.122. The molecule has 1 saturated heterocycles. The lowest BCUT2D eigenvalue weighted by Gasteiger charge is -2.28. The Bertz CT molecular complexity index is 655. The van der Waals surface area contributed by atoms with Crippen LogP contribution in [0.2, 0.25) is 0 Å². The molecular weight excluding hydrogens is 312 g/mol. The molecular formula is C16H22N4O2S. The largest absolute Gasteiger partial charge is 0.480 e. The lowest BCUT2D eigenvalue weighted by Crippen LogP contribution is -2.36. The van der Waals surface area contributed by atoms with E-state index in [0.29, 0.717) is 5.88 Å². The van der Waals surface area contributed by atoms with E-state index in [1.54, 1.807) is 7.11 Å². The summed E-state index contributed by atoms with van der Waals surface area (Å²) in [5.41, 5.74) is 3.08. The summed E-state index contributed by atoms with van der Waals surface area (Å²) in [4.78, 5) is 7.00. The third kappa shape index (κ3) is 3.56. The summed E-state index contributed by atoms with van der Waals surface area (Å²) in [6.45, 7) is 7.45. The minimum Gasteiger partial charge on any atom is -0.480 e. The van der Waals surface area contributed by atoms with Crippen molar-refractivity contribution in [1.82, 2.24) is 9.36 Å². The molecule has 0 aromatic carbocycles. The standard InChI is InChI=1S/C16H22N4O2S/c1-11(13-10-23-19-16(13)21-3)17-14-4-5-15(18-12(14)2)20-6-8-22-9-7-20/h4-5,10-11,17H,6-9H2,1-3H3. The van der Waals surface area contributed by atoms with E-state index < -0.39 is 0 Å². The van der Waals surface area contributed by atoms with Crippen LogP contribution in [0.1, 0.15) is 24.2 Å². The zero-order chi connectivity index (χ0) is 16.2. The highest BCUT2D eigenvalue weighted by atomic mass is 32.1. The summed E-state index contributed by atoms with van der Waals surface area (Å²) >= 11 is 1.41. The average Bonchev–Trinajstić information content (AvgIpc) is 3.06. The molecule has 1 unspecified atom stereocenters. The van der Waals surface area contributed by atoms with Crippen LogP contribution in [0.15, 0.2) is 17.5 Å². The molecule has 124 valence electrons. The van der Waals surface area contributed by atoms with Crippen molar-refractivity contribution in [2.24, 2.45) is 0 Å². The fourth-order valence-electron chi connectivity index (χ4n) is 2.66. The molecule has 0 bridgehead atoms. The van der Waals surface area contributed by atoms with Gasteiger partial charge in [0.2, 0.25) is 5.88 Å². The first kappa shape index (κ1) is 16.0. The molecule has 0 radical (unpaired) electrons. The van der Waals surface area contributed by atoms with Gasteiger partial charge >= 0.3 is 0 Å². The predicted molar refractivity (Wildman–Crippen MR) is 92.7 cm³/mol. The third-order valence-electron chi connectivity index (χ3n) is 4.00. The van der Waals surface area contributed by atoms with Gasteiger partial charge in [-0.3, -0.25) is 0 Å². The molecule has 2 aromatic heterocycles. The summed E-state index contributed by atoms with van der Waals surface area (Å²) in [5.74, 6) is 1.70. The lowest BCUT2D eigenvalue weighted by atomic mass is 10.1. The minimum absolute atomic E-state index is 0.110. The first-order valence-electron chi connectivity index (χ1n) is 7.74. The van der Waals surface area contributed by atoms with Gasteiger partial charge in [-0.15, -0.1) is 0 Å². The van der Waals surface area contributed by atoms with Crippen molar-refractivity contribution >= 4 is 23.0 Å². The van der Waals surface area contributed by atoms with Gasteiger partial charge in [-0.25, -0.2) is 4.98 Å². The third-order valence-corrected chi connectivity index (χ3v) is 4.63. The number of nitrogens with one attached hydrogen (secondary N) is 1. The van der Waals surface area contributed by atoms with Crippen molar-refractivity contribution in [2.45, 2.75) is 19.9 Å². The second-order valence-corrected chi connectivity index (χ2v) is 6.18. The van der Waals surface area contributed by atoms with Gasteiger partial charge in [-0.1, -0.05) is 0 Å². The zero-order valence-electron chi connectivity index (χ0n) is 13.7. The van der Waals surface area contributed by atoms with Crippen molar-refractivity contribution in [3.8, 4) is 5.88 Å². The van der Waals surface area contributed by atoms with Crippen molar-refractivity contribution in [1.29, 1.82) is 0 Å². The second kappa shape index (κ2) is 7.14. The van der Waals surface area contributed by atoms with Crippen LogP contribution in [0, 0.1) is 6.92 Å². The maximum Gasteiger partial charge on any atom is 0.230 e. The summed E-state index contributed by atoms with van der Waals surface area (Å²) in [6.07, 6.45) is 0. The Morgan fingerprint density at radius 1 is 1.35 bits per heavy atom. The number of anilines is 2. The smallest absolute Gasteiger partial charge is 0.230 e. The van der Waals surface area contributed by atoms with Crippen molar-refractivity contribution in [2.75, 3.05) is 43.6 Å². The Morgan fingerprint density at radius 2 is 2.13 bits per heavy atom. The van der Waals surface area contributed by atoms with E-state index in [2.05, 4.69) is 33.6 Å². The summed E-state index contributed by atoms with van der Waals surface area (Å²) < 4.78 is 14.9. The molecule has 0 spiro atoms. The number of aryl methyl sites for hydroxylation is 1. The first-order valence-corrected chi connectivity index (χ1v) is 8.58. The van der Waals surface area contributed by atoms with Crippen molar-refractivity contribution < 1.29 is 9.47 Å². The molecule has 0 aliphatic carbocycles. The number of methoxy groups -OCH3 is 1. The Kier molecular flexibility index (Phi) is 4.97. The Hall–Kier alpha value is -1.86. The van der Waals surface area contributed by atoms with Crippen LogP contribution < -0.4 is 15.0 Å². The molecule has 1 fully saturated rings. The number of pyridine rings is 1. The quantitative estimate of drug-likeness (QED) is 0.907. The highest BCUT2D eigenvalue weighted by Crippen LogP contribution is 2.29. The van der Waals surface area contributed by atoms with Gasteiger partial charge in [0.15, 0.2) is 0 Å². The van der Waals surface area contributed by atoms with Crippen LogP contribution >= 0.6 is 11.5 Å². The topological polar surface area (TPSA) is 59.5 Å². The molecule has 7 heteroatoms. The van der Waals surface area contributed by atoms with Crippen LogP contribution in [-0.4, -0.2) is 42.8 Å². The highest BCUT2D eigenvalue weighted by Gasteiger charge is 2.17. The molecule has 23 heavy (non-hydrogen) atoms. The molecule has 1 aliphatic heterocycles. The normalized spacial score (nSPS) is 16.2. The monoisotopic (exact) mass is 334 g/mol. The van der Waals surface area contributed by atoms with Gasteiger partial charge in [0.25, 0.3) is 0 Å². The van der Waals surface area contributed by atoms with E-state index in [1.807, 2.05) is 12.3 Å². The number of hydrogen-bond acceptors (Lipinski definition) is 7. The summed E-state index contributed by atoms with van der Waals surface area (Å²) in [6, 6.07) is 4.27. The number of nitrogens with zero attached hydrogens (tertiary/aromatic N) is 3. The Labute approximate surface area is 140 Å². The van der Waals surface area contributed by atoms with Crippen LogP contribution in [-0.2, 0) is 4.74 Å². The van der Waals surface area contributed by atoms with E-state index in [0.717, 1.165) is 49.1 Å². The second-order valence-electron chi connectivity index (χ2n) is 5.55. The van der Waals surface area contributed by atoms with Gasteiger partial charge in [0.05, 0.1) is 37.7 Å². The molecule has 2 aromatic rings. The molecule has 6 nitrogen and oxygen atoms in total. The van der Waals surface area contributed by atoms with E-state index in [4.69, 9.17) is 14.5 Å². The number of morpholine rings is 1. The minimum atomic E-state index is 0.110. The number of rotatable bonds is 5. The Balaban J connectivity index is 1.73. The van der Waals surface area contributed by atoms with Crippen LogP contribution in [0.4, 0.5) is 11.5 Å². The SMILES string of the molecule is COc1nscc1C(C)Nc1ccc(N2CCOCC2)nc1C. The highest BCUT2D eigenvalue weighted by molar-refractivity contribution is 7.03. The maximum atomic E-state index is 5.39. The maximum absolute atomic E-state index is 5.39. The van der Waals surface area contributed by atoms with Gasteiger partial charge in [-0.05, 0) is 37.5 Å². The van der Waals surface area contributed by atoms with Gasteiger partial charge in [-0.2, -0.15) is 4.37 Å². The van der Waals surface area contributed by atoms with Crippen LogP contribution in [0.25, 0.3) is 0 Å². The van der Waals surface area contributed by atoms with Crippen molar-refractivity contribution in [3.63, 3.8) is 0 Å². The average molecular weight is 334 g/mol. The fraction of sp³-hybridized carbons (Fsp3) is 0.500. The first-order chi connectivity index (χ1) is 11.2.